The first-order chi connectivity index (χ1) is 19.7. The lowest BCUT2D eigenvalue weighted by Crippen LogP contribution is -2.27. The SMILES string of the molecule is CC(C)(C)OC(=O)CCCCCCCCCCCCCCC(=O)NCCOCCOCCOCCOCCC(=O)O. The summed E-state index contributed by atoms with van der Waals surface area (Å²) in [5, 5.41) is 11.4. The predicted molar refractivity (Wildman–Crippen MR) is 159 cm³/mol. The normalized spacial score (nSPS) is 11.5. The Bertz CT molecular complexity index is 638. The molecule has 0 aliphatic heterocycles. The molecule has 0 atom stereocenters. The van der Waals surface area contributed by atoms with Crippen molar-refractivity contribution in [2.45, 2.75) is 123 Å². The molecule has 10 nitrogen and oxygen atoms in total. The Kier molecular flexibility index (Phi) is 27.2. The maximum absolute atomic E-state index is 11.9. The molecule has 0 aromatic carbocycles. The number of carbonyl (C=O) groups is 3. The minimum Gasteiger partial charge on any atom is -0.481 e. The first kappa shape index (κ1) is 39.2. The van der Waals surface area contributed by atoms with Gasteiger partial charge in [0.1, 0.15) is 5.60 Å². The van der Waals surface area contributed by atoms with Crippen LogP contribution in [0.2, 0.25) is 0 Å². The monoisotopic (exact) mass is 589 g/mol. The molecule has 1 amide bonds. The number of esters is 1. The molecule has 0 rings (SSSR count). The molecule has 0 fully saturated rings. The predicted octanol–water partition coefficient (Wildman–Crippen LogP) is 5.45. The van der Waals surface area contributed by atoms with Crippen molar-refractivity contribution in [3.63, 3.8) is 0 Å². The molecule has 242 valence electrons. The standard InChI is InChI=1S/C31H59NO9/c1-31(2,3)41-30(36)17-15-13-11-9-7-5-4-6-8-10-12-14-16-28(33)32-19-21-38-23-25-40-27-26-39-24-22-37-20-18-29(34)35/h4-27H2,1-3H3,(H,32,33)(H,34,35). The Morgan fingerprint density at radius 1 is 0.537 bits per heavy atom. The van der Waals surface area contributed by atoms with Crippen molar-refractivity contribution in [3.8, 4) is 0 Å². The van der Waals surface area contributed by atoms with E-state index < -0.39 is 5.97 Å². The van der Waals surface area contributed by atoms with Crippen LogP contribution in [0.3, 0.4) is 0 Å². The number of carboxylic acid groups (broad SMARTS) is 1. The highest BCUT2D eigenvalue weighted by molar-refractivity contribution is 5.75. The summed E-state index contributed by atoms with van der Waals surface area (Å²) in [6.45, 7) is 9.47. The van der Waals surface area contributed by atoms with E-state index in [1.807, 2.05) is 20.8 Å². The van der Waals surface area contributed by atoms with E-state index in [4.69, 9.17) is 28.8 Å². The van der Waals surface area contributed by atoms with Crippen molar-refractivity contribution in [2.75, 3.05) is 59.4 Å². The van der Waals surface area contributed by atoms with Gasteiger partial charge in [-0.1, -0.05) is 64.2 Å². The van der Waals surface area contributed by atoms with Crippen LogP contribution in [0.1, 0.15) is 117 Å². The first-order valence-electron chi connectivity index (χ1n) is 15.7. The third-order valence-corrected chi connectivity index (χ3v) is 6.10. The average molecular weight is 590 g/mol. The average Bonchev–Trinajstić information content (AvgIpc) is 2.89. The van der Waals surface area contributed by atoms with Gasteiger partial charge in [0.15, 0.2) is 0 Å². The second kappa shape index (κ2) is 28.4. The lowest BCUT2D eigenvalue weighted by atomic mass is 10.0. The third kappa shape index (κ3) is 34.4. The van der Waals surface area contributed by atoms with Gasteiger partial charge < -0.3 is 34.1 Å². The maximum Gasteiger partial charge on any atom is 0.306 e. The van der Waals surface area contributed by atoms with Gasteiger partial charge in [-0.2, -0.15) is 0 Å². The molecule has 0 aromatic rings. The van der Waals surface area contributed by atoms with Crippen molar-refractivity contribution < 1.29 is 43.2 Å². The highest BCUT2D eigenvalue weighted by atomic mass is 16.6. The smallest absolute Gasteiger partial charge is 0.306 e. The van der Waals surface area contributed by atoms with E-state index in [1.165, 1.54) is 51.4 Å². The Morgan fingerprint density at radius 2 is 0.927 bits per heavy atom. The van der Waals surface area contributed by atoms with Crippen LogP contribution in [0.4, 0.5) is 0 Å². The Morgan fingerprint density at radius 3 is 1.37 bits per heavy atom. The van der Waals surface area contributed by atoms with Crippen LogP contribution >= 0.6 is 0 Å². The van der Waals surface area contributed by atoms with Crippen molar-refractivity contribution in [1.29, 1.82) is 0 Å². The van der Waals surface area contributed by atoms with Gasteiger partial charge in [-0.3, -0.25) is 14.4 Å². The van der Waals surface area contributed by atoms with Gasteiger partial charge in [-0.05, 0) is 33.6 Å². The molecule has 0 heterocycles. The number of amides is 1. The fourth-order valence-electron chi connectivity index (χ4n) is 3.99. The molecule has 10 heteroatoms. The lowest BCUT2D eigenvalue weighted by Gasteiger charge is -2.19. The van der Waals surface area contributed by atoms with Crippen molar-refractivity contribution >= 4 is 17.8 Å². The zero-order chi connectivity index (χ0) is 30.4. The summed E-state index contributed by atoms with van der Waals surface area (Å²) in [4.78, 5) is 33.9. The summed E-state index contributed by atoms with van der Waals surface area (Å²) in [5.74, 6) is -0.875. The fourth-order valence-corrected chi connectivity index (χ4v) is 3.99. The largest absolute Gasteiger partial charge is 0.481 e. The molecule has 0 spiro atoms. The van der Waals surface area contributed by atoms with E-state index in [-0.39, 0.29) is 30.5 Å². The van der Waals surface area contributed by atoms with E-state index in [1.54, 1.807) is 0 Å². The summed E-state index contributed by atoms with van der Waals surface area (Å²) >= 11 is 0. The third-order valence-electron chi connectivity index (χ3n) is 6.10. The number of carbonyl (C=O) groups excluding carboxylic acids is 2. The summed E-state index contributed by atoms with van der Waals surface area (Å²) < 4.78 is 26.6. The number of nitrogens with one attached hydrogen (secondary N) is 1. The molecule has 0 saturated heterocycles. The van der Waals surface area contributed by atoms with Gasteiger partial charge in [0.2, 0.25) is 5.91 Å². The minimum absolute atomic E-state index is 0.00183. The van der Waals surface area contributed by atoms with Crippen molar-refractivity contribution in [3.05, 3.63) is 0 Å². The molecule has 0 saturated carbocycles. The van der Waals surface area contributed by atoms with Crippen LogP contribution in [-0.2, 0) is 38.1 Å². The molecule has 41 heavy (non-hydrogen) atoms. The number of carboxylic acids is 1. The summed E-state index contributed by atoms with van der Waals surface area (Å²) in [5.41, 5.74) is -0.384. The zero-order valence-corrected chi connectivity index (χ0v) is 26.2. The highest BCUT2D eigenvalue weighted by Crippen LogP contribution is 2.14. The van der Waals surface area contributed by atoms with Gasteiger partial charge in [-0.25, -0.2) is 0 Å². The van der Waals surface area contributed by atoms with Crippen LogP contribution in [0, 0.1) is 0 Å². The number of unbranched alkanes of at least 4 members (excludes halogenated alkanes) is 11. The van der Waals surface area contributed by atoms with E-state index in [2.05, 4.69) is 5.32 Å². The molecule has 2 N–H and O–H groups in total. The first-order valence-corrected chi connectivity index (χ1v) is 15.7. The summed E-state index contributed by atoms with van der Waals surface area (Å²) in [6.07, 6.45) is 15.1. The molecular weight excluding hydrogens is 530 g/mol. The van der Waals surface area contributed by atoms with Crippen LogP contribution in [0.5, 0.6) is 0 Å². The highest BCUT2D eigenvalue weighted by Gasteiger charge is 2.15. The van der Waals surface area contributed by atoms with Gasteiger partial charge in [0.25, 0.3) is 0 Å². The van der Waals surface area contributed by atoms with E-state index in [0.717, 1.165) is 25.7 Å². The van der Waals surface area contributed by atoms with E-state index in [0.29, 0.717) is 65.6 Å². The minimum atomic E-state index is -0.873. The maximum atomic E-state index is 11.9. The van der Waals surface area contributed by atoms with Crippen LogP contribution < -0.4 is 5.32 Å². The van der Waals surface area contributed by atoms with Crippen LogP contribution in [0.15, 0.2) is 0 Å². The van der Waals surface area contributed by atoms with Gasteiger partial charge in [0.05, 0.1) is 59.3 Å². The number of ether oxygens (including phenoxy) is 5. The molecule has 0 aromatic heterocycles. The molecule has 0 aliphatic rings. The molecule has 0 bridgehead atoms. The number of hydrogen-bond acceptors (Lipinski definition) is 8. The van der Waals surface area contributed by atoms with Crippen molar-refractivity contribution in [2.24, 2.45) is 0 Å². The van der Waals surface area contributed by atoms with E-state index in [9.17, 15) is 14.4 Å². The van der Waals surface area contributed by atoms with Crippen LogP contribution in [0.25, 0.3) is 0 Å². The second-order valence-corrected chi connectivity index (χ2v) is 11.3. The zero-order valence-electron chi connectivity index (χ0n) is 26.2. The van der Waals surface area contributed by atoms with Crippen LogP contribution in [-0.4, -0.2) is 88.0 Å². The van der Waals surface area contributed by atoms with E-state index >= 15 is 0 Å². The topological polar surface area (TPSA) is 130 Å². The number of hydrogen-bond donors (Lipinski definition) is 2. The number of rotatable bonds is 30. The second-order valence-electron chi connectivity index (χ2n) is 11.3. The molecule has 0 radical (unpaired) electrons. The molecule has 0 unspecified atom stereocenters. The van der Waals surface area contributed by atoms with Gasteiger partial charge >= 0.3 is 11.9 Å². The Labute approximate surface area is 248 Å². The van der Waals surface area contributed by atoms with Gasteiger partial charge in [0, 0.05) is 19.4 Å². The molecule has 0 aliphatic carbocycles. The summed E-state index contributed by atoms with van der Waals surface area (Å²) in [6, 6.07) is 0. The number of aliphatic carboxylic acids is 1. The Hall–Kier alpha value is -1.75. The van der Waals surface area contributed by atoms with Gasteiger partial charge in [-0.15, -0.1) is 0 Å². The quantitative estimate of drug-likeness (QED) is 0.0830. The van der Waals surface area contributed by atoms with Crippen molar-refractivity contribution in [1.82, 2.24) is 5.32 Å². The molecular formula is C31H59NO9. The lowest BCUT2D eigenvalue weighted by molar-refractivity contribution is -0.155. The summed E-state index contributed by atoms with van der Waals surface area (Å²) in [7, 11) is 0. The Balaban J connectivity index is 3.23. The fraction of sp³-hybridized carbons (Fsp3) is 0.903.